The third-order valence-corrected chi connectivity index (χ3v) is 2.46. The molecular formula is C15H3ErF18O6. The molecule has 0 amide bonds. The van der Waals surface area contributed by atoms with Gasteiger partial charge < -0.3 is 28.8 Å². The summed E-state index contributed by atoms with van der Waals surface area (Å²) in [7, 11) is 0. The van der Waals surface area contributed by atoms with Crippen LogP contribution in [0.3, 0.4) is 0 Å². The van der Waals surface area contributed by atoms with Crippen LogP contribution >= 0.6 is 0 Å². The fourth-order valence-electron chi connectivity index (χ4n) is 0.848. The number of Topliss-reactive ketones (excluding diaryl/α,β-unsaturated/α-hetero) is 6. The standard InChI is InChI=1S/3C5HF6O2.Er/c3*6-4(7,8)2(12)1-3(13)5(9,10)11;/h3*1H;/q3*-1;+3. The first kappa shape index (κ1) is 44.6. The van der Waals surface area contributed by atoms with Crippen molar-refractivity contribution in [1.82, 2.24) is 0 Å². The van der Waals surface area contributed by atoms with E-state index in [1.807, 2.05) is 0 Å². The van der Waals surface area contributed by atoms with Gasteiger partial charge in [0.1, 0.15) is 34.7 Å². The van der Waals surface area contributed by atoms with Gasteiger partial charge in [-0.25, -0.2) is 19.3 Å². The van der Waals surface area contributed by atoms with Crippen LogP contribution in [-0.4, -0.2) is 71.8 Å². The molecule has 0 rings (SSSR count). The van der Waals surface area contributed by atoms with Crippen molar-refractivity contribution < 1.29 is 145 Å². The average molecular weight is 788 g/mol. The predicted octanol–water partition coefficient (Wildman–Crippen LogP) is 4.36. The van der Waals surface area contributed by atoms with E-state index < -0.39 is 91.0 Å². The molecule has 0 saturated carbocycles. The molecule has 0 spiro atoms. The molecule has 0 N–H and O–H groups in total. The number of carbonyl (C=O) groups is 6. The molecule has 0 aliphatic rings. The normalized spacial score (nSPS) is 12.2. The van der Waals surface area contributed by atoms with Gasteiger partial charge in [-0.3, -0.25) is 0 Å². The Morgan fingerprint density at radius 2 is 0.350 bits per heavy atom. The summed E-state index contributed by atoms with van der Waals surface area (Å²) in [5, 5.41) is 0. The maximum absolute atomic E-state index is 11.3. The Labute approximate surface area is 236 Å². The summed E-state index contributed by atoms with van der Waals surface area (Å²) in [4.78, 5) is 58.9. The Morgan fingerprint density at radius 1 is 0.275 bits per heavy atom. The third-order valence-electron chi connectivity index (χ3n) is 2.46. The molecule has 0 saturated heterocycles. The second-order valence-corrected chi connectivity index (χ2v) is 5.61. The van der Waals surface area contributed by atoms with E-state index in [2.05, 4.69) is 0 Å². The summed E-state index contributed by atoms with van der Waals surface area (Å²) in [6, 6.07) is 0. The molecule has 25 heteroatoms. The summed E-state index contributed by atoms with van der Waals surface area (Å²) in [6.07, 6.45) is -35.8. The van der Waals surface area contributed by atoms with Crippen LogP contribution in [0.2, 0.25) is 0 Å². The van der Waals surface area contributed by atoms with Crippen LogP contribution in [0.1, 0.15) is 0 Å². The minimum atomic E-state index is -5.46. The van der Waals surface area contributed by atoms with Crippen molar-refractivity contribution in [2.24, 2.45) is 0 Å². The van der Waals surface area contributed by atoms with E-state index in [4.69, 9.17) is 0 Å². The first-order valence-corrected chi connectivity index (χ1v) is 7.86. The van der Waals surface area contributed by atoms with Crippen LogP contribution in [0, 0.1) is 56.6 Å². The van der Waals surface area contributed by atoms with Gasteiger partial charge in [0.25, 0.3) is 0 Å². The van der Waals surface area contributed by atoms with Crippen LogP contribution in [0.15, 0.2) is 0 Å². The number of halogens is 18. The molecule has 0 aliphatic heterocycles. The monoisotopic (exact) mass is 787 g/mol. The summed E-state index contributed by atoms with van der Waals surface area (Å²) in [5.74, 6) is -16.9. The molecule has 0 unspecified atom stereocenters. The summed E-state index contributed by atoms with van der Waals surface area (Å²) in [5.41, 5.74) is 0. The zero-order valence-electron chi connectivity index (χ0n) is 17.3. The smallest absolute Gasteiger partial charge is 0.324 e. The molecule has 1 radical (unpaired) electrons. The van der Waals surface area contributed by atoms with Crippen LogP contribution in [-0.2, 0) is 28.8 Å². The molecule has 0 bridgehead atoms. The minimum absolute atomic E-state index is 0. The number of hydrogen-bond acceptors (Lipinski definition) is 6. The molecule has 0 aromatic heterocycles. The quantitative estimate of drug-likeness (QED) is 0.226. The van der Waals surface area contributed by atoms with E-state index in [-0.39, 0.29) is 37.3 Å². The van der Waals surface area contributed by atoms with Gasteiger partial charge in [0.2, 0.25) is 0 Å². The van der Waals surface area contributed by atoms with Crippen molar-refractivity contribution in [2.75, 3.05) is 0 Å². The second kappa shape index (κ2) is 15.6. The molecule has 0 fully saturated rings. The SMILES string of the molecule is O=C([CH-]C(=O)C(F)(F)F)C(F)(F)F.O=C([CH-]C(=O)C(F)(F)F)C(F)(F)F.O=C([CH-]C(=O)C(F)(F)F)C(F)(F)F.[Er+3]. The summed E-state index contributed by atoms with van der Waals surface area (Å²) >= 11 is 0. The van der Waals surface area contributed by atoms with Gasteiger partial charge in [-0.05, 0) is 0 Å². The number of alkyl halides is 18. The minimum Gasteiger partial charge on any atom is -0.324 e. The molecule has 0 heterocycles. The Balaban J connectivity index is -0.000000240. The van der Waals surface area contributed by atoms with Gasteiger partial charge in [-0.2, -0.15) is 79.0 Å². The van der Waals surface area contributed by atoms with Gasteiger partial charge >= 0.3 is 74.4 Å². The molecule has 237 valence electrons. The van der Waals surface area contributed by atoms with E-state index in [9.17, 15) is 108 Å². The largest absolute Gasteiger partial charge is 3.00 e. The van der Waals surface area contributed by atoms with Crippen molar-refractivity contribution >= 4 is 34.7 Å². The maximum atomic E-state index is 11.3. The zero-order valence-corrected chi connectivity index (χ0v) is 19.1. The summed E-state index contributed by atoms with van der Waals surface area (Å²) in [6.45, 7) is 0. The average Bonchev–Trinajstić information content (AvgIpc) is 2.64. The van der Waals surface area contributed by atoms with Gasteiger partial charge in [-0.1, -0.05) is 0 Å². The summed E-state index contributed by atoms with van der Waals surface area (Å²) < 4.78 is 203. The van der Waals surface area contributed by atoms with Crippen LogP contribution in [0.25, 0.3) is 0 Å². The maximum Gasteiger partial charge on any atom is 3.00 e. The van der Waals surface area contributed by atoms with Crippen molar-refractivity contribution in [3.63, 3.8) is 0 Å². The Morgan fingerprint density at radius 3 is 0.400 bits per heavy atom. The van der Waals surface area contributed by atoms with E-state index in [1.165, 1.54) is 0 Å². The van der Waals surface area contributed by atoms with E-state index >= 15 is 0 Å². The third kappa shape index (κ3) is 20.5. The fourth-order valence-corrected chi connectivity index (χ4v) is 0.848. The van der Waals surface area contributed by atoms with E-state index in [0.29, 0.717) is 0 Å². The number of rotatable bonds is 6. The number of carbonyl (C=O) groups excluding carboxylic acids is 6. The van der Waals surface area contributed by atoms with Gasteiger partial charge in [-0.15, -0.1) is 0 Å². The predicted molar refractivity (Wildman–Crippen MR) is 79.3 cm³/mol. The second-order valence-electron chi connectivity index (χ2n) is 5.61. The molecular weight excluding hydrogens is 785 g/mol. The van der Waals surface area contributed by atoms with Crippen molar-refractivity contribution in [3.8, 4) is 0 Å². The first-order chi connectivity index (χ1) is 16.6. The fraction of sp³-hybridized carbons (Fsp3) is 0.400. The van der Waals surface area contributed by atoms with Crippen molar-refractivity contribution in [1.29, 1.82) is 0 Å². The van der Waals surface area contributed by atoms with Gasteiger partial charge in [0, 0.05) is 0 Å². The molecule has 0 aromatic carbocycles. The van der Waals surface area contributed by atoms with E-state index in [0.717, 1.165) is 0 Å². The Hall–Kier alpha value is -2.38. The molecule has 40 heavy (non-hydrogen) atoms. The Kier molecular flexibility index (Phi) is 17.4. The topological polar surface area (TPSA) is 102 Å². The number of hydrogen-bond donors (Lipinski definition) is 0. The first-order valence-electron chi connectivity index (χ1n) is 7.86. The van der Waals surface area contributed by atoms with Crippen molar-refractivity contribution in [2.45, 2.75) is 37.1 Å². The van der Waals surface area contributed by atoms with Crippen LogP contribution < -0.4 is 0 Å². The molecule has 0 atom stereocenters. The number of ketones is 6. The Bertz CT molecular complexity index is 726. The van der Waals surface area contributed by atoms with Crippen LogP contribution in [0.5, 0.6) is 0 Å². The molecule has 6 nitrogen and oxygen atoms in total. The van der Waals surface area contributed by atoms with Gasteiger partial charge in [0.05, 0.1) is 0 Å². The van der Waals surface area contributed by atoms with Gasteiger partial charge in [0.15, 0.2) is 0 Å². The molecule has 0 aliphatic carbocycles. The van der Waals surface area contributed by atoms with Crippen LogP contribution in [0.4, 0.5) is 79.0 Å². The molecule has 0 aromatic rings. The van der Waals surface area contributed by atoms with E-state index in [1.54, 1.807) is 0 Å². The van der Waals surface area contributed by atoms with Crippen molar-refractivity contribution in [3.05, 3.63) is 19.3 Å². The zero-order chi connectivity index (χ0) is 32.6.